The van der Waals surface area contributed by atoms with Crippen molar-refractivity contribution in [1.29, 1.82) is 0 Å². The van der Waals surface area contributed by atoms with Crippen LogP contribution in [-0.2, 0) is 9.53 Å². The predicted octanol–water partition coefficient (Wildman–Crippen LogP) is 1.14. The number of rotatable bonds is 3. The number of carbonyl (C=O) groups excluding carboxylic acids is 1. The minimum Gasteiger partial charge on any atom is -0.365 e. The van der Waals surface area contributed by atoms with Crippen molar-refractivity contribution >= 4 is 5.91 Å². The van der Waals surface area contributed by atoms with E-state index < -0.39 is 0 Å². The van der Waals surface area contributed by atoms with Gasteiger partial charge in [-0.05, 0) is 37.6 Å². The van der Waals surface area contributed by atoms with Gasteiger partial charge >= 0.3 is 0 Å². The van der Waals surface area contributed by atoms with E-state index in [9.17, 15) is 4.79 Å². The summed E-state index contributed by atoms with van der Waals surface area (Å²) in [6, 6.07) is 0. The second-order valence-electron chi connectivity index (χ2n) is 5.76. The molecule has 1 amide bonds. The molecule has 3 atom stereocenters. The minimum absolute atomic E-state index is 0.110. The van der Waals surface area contributed by atoms with E-state index in [1.807, 2.05) is 4.90 Å². The second-order valence-corrected chi connectivity index (χ2v) is 5.76. The molecule has 2 saturated heterocycles. The average molecular weight is 240 g/mol. The molecule has 0 saturated carbocycles. The average Bonchev–Trinajstić information content (AvgIpc) is 2.95. The van der Waals surface area contributed by atoms with E-state index in [1.165, 1.54) is 0 Å². The number of hydrogen-bond acceptors (Lipinski definition) is 3. The van der Waals surface area contributed by atoms with Crippen LogP contribution in [0.15, 0.2) is 0 Å². The van der Waals surface area contributed by atoms with Crippen molar-refractivity contribution in [2.45, 2.75) is 51.7 Å². The normalized spacial score (nSPS) is 37.7. The third kappa shape index (κ3) is 2.63. The predicted molar refractivity (Wildman–Crippen MR) is 66.5 cm³/mol. The maximum absolute atomic E-state index is 12.3. The number of amides is 1. The lowest BCUT2D eigenvalue weighted by molar-refractivity contribution is -0.142. The zero-order valence-electron chi connectivity index (χ0n) is 10.9. The van der Waals surface area contributed by atoms with E-state index in [2.05, 4.69) is 13.8 Å². The standard InChI is InChI=1S/C13H24N2O2/c1-3-10-4-5-11(17-10)12(16)15-7-6-13(2,8-14)9-15/h10-11H,3-9,14H2,1-2H3. The summed E-state index contributed by atoms with van der Waals surface area (Å²) in [5.41, 5.74) is 5.87. The number of nitrogens with zero attached hydrogens (tertiary/aromatic N) is 1. The van der Waals surface area contributed by atoms with Crippen LogP contribution in [0.5, 0.6) is 0 Å². The third-order valence-electron chi connectivity index (χ3n) is 4.20. The summed E-state index contributed by atoms with van der Waals surface area (Å²) in [5, 5.41) is 0. The number of nitrogens with two attached hydrogens (primary N) is 1. The van der Waals surface area contributed by atoms with Crippen LogP contribution in [-0.4, -0.2) is 42.6 Å². The van der Waals surface area contributed by atoms with Gasteiger partial charge in [0.1, 0.15) is 6.10 Å². The molecule has 0 spiro atoms. The first-order valence-corrected chi connectivity index (χ1v) is 6.72. The zero-order chi connectivity index (χ0) is 12.5. The van der Waals surface area contributed by atoms with E-state index in [1.54, 1.807) is 0 Å². The summed E-state index contributed by atoms with van der Waals surface area (Å²) in [4.78, 5) is 14.2. The molecule has 4 nitrogen and oxygen atoms in total. The summed E-state index contributed by atoms with van der Waals surface area (Å²) < 4.78 is 5.76. The smallest absolute Gasteiger partial charge is 0.251 e. The Morgan fingerprint density at radius 2 is 2.29 bits per heavy atom. The van der Waals surface area contributed by atoms with Crippen molar-refractivity contribution in [2.24, 2.45) is 11.1 Å². The number of ether oxygens (including phenoxy) is 1. The van der Waals surface area contributed by atoms with Crippen LogP contribution in [0.2, 0.25) is 0 Å². The van der Waals surface area contributed by atoms with Crippen LogP contribution in [0.3, 0.4) is 0 Å². The Bertz CT molecular complexity index is 295. The van der Waals surface area contributed by atoms with Crippen molar-refractivity contribution in [3.8, 4) is 0 Å². The quantitative estimate of drug-likeness (QED) is 0.805. The zero-order valence-corrected chi connectivity index (χ0v) is 10.9. The lowest BCUT2D eigenvalue weighted by Crippen LogP contribution is -2.40. The monoisotopic (exact) mass is 240 g/mol. The number of hydrogen-bond donors (Lipinski definition) is 1. The van der Waals surface area contributed by atoms with Gasteiger partial charge in [0.25, 0.3) is 5.91 Å². The van der Waals surface area contributed by atoms with Crippen LogP contribution in [0.4, 0.5) is 0 Å². The van der Waals surface area contributed by atoms with Crippen molar-refractivity contribution < 1.29 is 9.53 Å². The highest BCUT2D eigenvalue weighted by atomic mass is 16.5. The largest absolute Gasteiger partial charge is 0.365 e. The summed E-state index contributed by atoms with van der Waals surface area (Å²) in [6.45, 7) is 6.55. The SMILES string of the molecule is CCC1CCC(C(=O)N2CCC(C)(CN)C2)O1. The first-order chi connectivity index (χ1) is 8.08. The topological polar surface area (TPSA) is 55.6 Å². The van der Waals surface area contributed by atoms with Gasteiger partial charge in [-0.3, -0.25) is 4.79 Å². The fraction of sp³-hybridized carbons (Fsp3) is 0.923. The molecule has 2 aliphatic heterocycles. The number of likely N-dealkylation sites (tertiary alicyclic amines) is 1. The van der Waals surface area contributed by atoms with Gasteiger partial charge in [0.15, 0.2) is 0 Å². The Morgan fingerprint density at radius 3 is 2.82 bits per heavy atom. The van der Waals surface area contributed by atoms with E-state index in [0.717, 1.165) is 38.8 Å². The van der Waals surface area contributed by atoms with Crippen LogP contribution in [0.25, 0.3) is 0 Å². The molecule has 0 aromatic heterocycles. The van der Waals surface area contributed by atoms with Crippen LogP contribution in [0, 0.1) is 5.41 Å². The highest BCUT2D eigenvalue weighted by Gasteiger charge is 2.39. The van der Waals surface area contributed by atoms with Gasteiger partial charge < -0.3 is 15.4 Å². The van der Waals surface area contributed by atoms with Gasteiger partial charge in [-0.15, -0.1) is 0 Å². The number of carbonyl (C=O) groups is 1. The Kier molecular flexibility index (Phi) is 3.73. The van der Waals surface area contributed by atoms with Gasteiger partial charge in [0.05, 0.1) is 6.10 Å². The highest BCUT2D eigenvalue weighted by molar-refractivity contribution is 5.81. The molecule has 2 rings (SSSR count). The van der Waals surface area contributed by atoms with E-state index >= 15 is 0 Å². The van der Waals surface area contributed by atoms with Crippen molar-refractivity contribution in [2.75, 3.05) is 19.6 Å². The third-order valence-corrected chi connectivity index (χ3v) is 4.20. The molecular weight excluding hydrogens is 216 g/mol. The molecule has 17 heavy (non-hydrogen) atoms. The van der Waals surface area contributed by atoms with Crippen LogP contribution >= 0.6 is 0 Å². The maximum Gasteiger partial charge on any atom is 0.251 e. The van der Waals surface area contributed by atoms with E-state index in [0.29, 0.717) is 6.54 Å². The van der Waals surface area contributed by atoms with Gasteiger partial charge in [-0.1, -0.05) is 13.8 Å². The first kappa shape index (κ1) is 12.8. The van der Waals surface area contributed by atoms with Gasteiger partial charge in [-0.25, -0.2) is 0 Å². The minimum atomic E-state index is -0.194. The molecule has 0 aliphatic carbocycles. The molecule has 4 heteroatoms. The summed E-state index contributed by atoms with van der Waals surface area (Å²) in [6.07, 6.45) is 4.01. The van der Waals surface area contributed by atoms with Gasteiger partial charge in [0, 0.05) is 13.1 Å². The molecule has 3 unspecified atom stereocenters. The van der Waals surface area contributed by atoms with E-state index in [-0.39, 0.29) is 23.5 Å². The van der Waals surface area contributed by atoms with Crippen LogP contribution in [0.1, 0.15) is 39.5 Å². The molecule has 0 aromatic rings. The Hall–Kier alpha value is -0.610. The molecule has 2 heterocycles. The second kappa shape index (κ2) is 4.94. The lowest BCUT2D eigenvalue weighted by Gasteiger charge is -2.24. The fourth-order valence-electron chi connectivity index (χ4n) is 2.77. The van der Waals surface area contributed by atoms with Crippen molar-refractivity contribution in [1.82, 2.24) is 4.90 Å². The molecular formula is C13H24N2O2. The molecule has 0 radical (unpaired) electrons. The van der Waals surface area contributed by atoms with E-state index in [4.69, 9.17) is 10.5 Å². The molecule has 0 aromatic carbocycles. The Labute approximate surface area is 103 Å². The van der Waals surface area contributed by atoms with Gasteiger partial charge in [0.2, 0.25) is 0 Å². The Balaban J connectivity index is 1.90. The van der Waals surface area contributed by atoms with Crippen molar-refractivity contribution in [3.63, 3.8) is 0 Å². The summed E-state index contributed by atoms with van der Waals surface area (Å²) in [7, 11) is 0. The Morgan fingerprint density at radius 1 is 1.53 bits per heavy atom. The molecule has 98 valence electrons. The fourth-order valence-corrected chi connectivity index (χ4v) is 2.77. The molecule has 2 aliphatic rings. The maximum atomic E-state index is 12.3. The first-order valence-electron chi connectivity index (χ1n) is 6.72. The highest BCUT2D eigenvalue weighted by Crippen LogP contribution is 2.31. The molecule has 2 N–H and O–H groups in total. The van der Waals surface area contributed by atoms with Crippen LogP contribution < -0.4 is 5.73 Å². The molecule has 2 fully saturated rings. The summed E-state index contributed by atoms with van der Waals surface area (Å²) >= 11 is 0. The van der Waals surface area contributed by atoms with Crippen molar-refractivity contribution in [3.05, 3.63) is 0 Å². The van der Waals surface area contributed by atoms with Gasteiger partial charge in [-0.2, -0.15) is 0 Å². The molecule has 0 bridgehead atoms. The lowest BCUT2D eigenvalue weighted by atomic mass is 9.90. The summed E-state index contributed by atoms with van der Waals surface area (Å²) in [5.74, 6) is 0.179.